The number of aliphatic hydroxyl groups excluding tert-OH is 1. The van der Waals surface area contributed by atoms with Crippen LogP contribution in [0.15, 0.2) is 42.5 Å². The summed E-state index contributed by atoms with van der Waals surface area (Å²) in [5, 5.41) is 17.5. The highest BCUT2D eigenvalue weighted by Crippen LogP contribution is 2.48. The van der Waals surface area contributed by atoms with Crippen molar-refractivity contribution in [2.45, 2.75) is 82.0 Å². The van der Waals surface area contributed by atoms with Gasteiger partial charge in [-0.2, -0.15) is 0 Å². The Labute approximate surface area is 256 Å². The number of amides is 2. The number of nitrogens with zero attached hydrogens (tertiary/aromatic N) is 1. The predicted molar refractivity (Wildman–Crippen MR) is 170 cm³/mol. The second kappa shape index (κ2) is 13.4. The smallest absolute Gasteiger partial charge is 0.241 e. The van der Waals surface area contributed by atoms with Crippen LogP contribution >= 0.6 is 0 Å². The Balaban J connectivity index is 1.46. The third-order valence-corrected chi connectivity index (χ3v) is 14.1. The number of likely N-dealkylation sites (tertiary alicyclic amines) is 1. The molecule has 5 rings (SSSR count). The first-order valence-corrected chi connectivity index (χ1v) is 18.7. The molecule has 2 saturated heterocycles. The normalized spacial score (nSPS) is 26.0. The molecule has 0 aliphatic carbocycles. The number of ether oxygens (including phenoxy) is 3. The van der Waals surface area contributed by atoms with Gasteiger partial charge in [0.2, 0.25) is 11.8 Å². The Hall–Kier alpha value is -2.92. The number of rotatable bonds is 10. The summed E-state index contributed by atoms with van der Waals surface area (Å²) < 4.78 is 18.4. The van der Waals surface area contributed by atoms with Crippen molar-refractivity contribution in [2.24, 2.45) is 5.92 Å². The minimum atomic E-state index is -2.34. The van der Waals surface area contributed by atoms with E-state index in [0.29, 0.717) is 13.0 Å². The monoisotopic (exact) mass is 609 g/mol. The second-order valence-corrected chi connectivity index (χ2v) is 17.6. The van der Waals surface area contributed by atoms with Crippen LogP contribution in [0.4, 0.5) is 5.69 Å². The quantitative estimate of drug-likeness (QED) is 0.352. The van der Waals surface area contributed by atoms with E-state index in [-0.39, 0.29) is 54.2 Å². The van der Waals surface area contributed by atoms with Crippen LogP contribution in [0.3, 0.4) is 0 Å². The van der Waals surface area contributed by atoms with Gasteiger partial charge in [-0.25, -0.2) is 0 Å². The lowest BCUT2D eigenvalue weighted by Crippen LogP contribution is -2.55. The van der Waals surface area contributed by atoms with Crippen molar-refractivity contribution in [3.63, 3.8) is 0 Å². The second-order valence-electron chi connectivity index (χ2n) is 12.8. The van der Waals surface area contributed by atoms with Crippen LogP contribution in [0.5, 0.6) is 11.5 Å². The van der Waals surface area contributed by atoms with Crippen molar-refractivity contribution in [3.8, 4) is 11.5 Å². The SMILES string of the molecule is COc1ccc([Si](C)(C)C(CC(=O)N2CCC[C@H]2CO)[C@@H]2Oc3ccc(NC(=O)[C@H]4CCCN4)cc3[C@H](OC)[C@H]2C)cc1. The number of nitrogens with one attached hydrogen (secondary N) is 2. The molecule has 2 aromatic carbocycles. The van der Waals surface area contributed by atoms with Crippen molar-refractivity contribution in [3.05, 3.63) is 48.0 Å². The van der Waals surface area contributed by atoms with Crippen LogP contribution in [-0.2, 0) is 14.3 Å². The fourth-order valence-corrected chi connectivity index (χ4v) is 10.6. The van der Waals surface area contributed by atoms with E-state index in [1.54, 1.807) is 14.2 Å². The van der Waals surface area contributed by atoms with E-state index < -0.39 is 8.07 Å². The minimum Gasteiger partial charge on any atom is -0.497 e. The van der Waals surface area contributed by atoms with Gasteiger partial charge in [-0.1, -0.05) is 37.3 Å². The predicted octanol–water partition coefficient (Wildman–Crippen LogP) is 3.83. The van der Waals surface area contributed by atoms with Crippen LogP contribution < -0.4 is 25.3 Å². The summed E-state index contributed by atoms with van der Waals surface area (Å²) >= 11 is 0. The molecule has 43 heavy (non-hydrogen) atoms. The lowest BCUT2D eigenvalue weighted by Gasteiger charge is -2.46. The average molecular weight is 610 g/mol. The number of fused-ring (bicyclic) bond motifs is 1. The molecular weight excluding hydrogens is 562 g/mol. The van der Waals surface area contributed by atoms with Crippen molar-refractivity contribution < 1.29 is 28.9 Å². The zero-order chi connectivity index (χ0) is 30.7. The van der Waals surface area contributed by atoms with Crippen molar-refractivity contribution >= 4 is 30.8 Å². The highest BCUT2D eigenvalue weighted by Gasteiger charge is 2.49. The number of methoxy groups -OCH3 is 2. The third kappa shape index (κ3) is 6.48. The van der Waals surface area contributed by atoms with E-state index in [1.165, 1.54) is 5.19 Å². The summed E-state index contributed by atoms with van der Waals surface area (Å²) in [5.74, 6) is 1.51. The Morgan fingerprint density at radius 3 is 2.56 bits per heavy atom. The van der Waals surface area contributed by atoms with Gasteiger partial charge in [0.15, 0.2) is 0 Å². The maximum absolute atomic E-state index is 13.9. The first-order valence-electron chi connectivity index (χ1n) is 15.6. The zero-order valence-electron chi connectivity index (χ0n) is 26.1. The summed E-state index contributed by atoms with van der Waals surface area (Å²) in [7, 11) is 1.03. The standard InChI is InChI=1S/C33H47N3O6Si/c1-21-31(41-3)26-18-22(35-33(39)27-9-6-16-34-27)10-15-28(26)42-32(21)29(19-30(38)36-17-7-8-23(36)20-37)43(4,5)25-13-11-24(40-2)12-14-25/h10-15,18,21,23,27,29,31-32,34,37H,6-9,16-17,19-20H2,1-5H3,(H,35,39)/t21-,23+,27-,29?,31-,32-/m1/s1. The number of carbonyl (C=O) groups is 2. The molecule has 2 aromatic rings. The molecule has 2 fully saturated rings. The Bertz CT molecular complexity index is 1280. The zero-order valence-corrected chi connectivity index (χ0v) is 27.1. The van der Waals surface area contributed by atoms with Gasteiger partial charge in [0.1, 0.15) is 17.6 Å². The van der Waals surface area contributed by atoms with Crippen LogP contribution in [0.2, 0.25) is 18.6 Å². The first-order chi connectivity index (χ1) is 20.7. The van der Waals surface area contributed by atoms with Gasteiger partial charge in [0.05, 0.1) is 40.0 Å². The van der Waals surface area contributed by atoms with E-state index in [2.05, 4.69) is 42.8 Å². The van der Waals surface area contributed by atoms with Crippen LogP contribution in [0.25, 0.3) is 0 Å². The third-order valence-electron chi connectivity index (χ3n) is 9.93. The summed E-state index contributed by atoms with van der Waals surface area (Å²) in [6, 6.07) is 13.7. The molecule has 10 heteroatoms. The number of hydrogen-bond donors (Lipinski definition) is 3. The van der Waals surface area contributed by atoms with Crippen molar-refractivity contribution in [1.82, 2.24) is 10.2 Å². The molecule has 6 atom stereocenters. The average Bonchev–Trinajstić information content (AvgIpc) is 3.73. The molecule has 0 bridgehead atoms. The van der Waals surface area contributed by atoms with Crippen molar-refractivity contribution in [1.29, 1.82) is 0 Å². The number of carbonyl (C=O) groups excluding carboxylic acids is 2. The summed E-state index contributed by atoms with van der Waals surface area (Å²) in [4.78, 5) is 28.6. The van der Waals surface area contributed by atoms with E-state index in [0.717, 1.165) is 55.0 Å². The molecular formula is C33H47N3O6Si. The molecule has 234 valence electrons. The molecule has 2 amide bonds. The minimum absolute atomic E-state index is 0.0131. The van der Waals surface area contributed by atoms with Gasteiger partial charge in [0, 0.05) is 42.8 Å². The van der Waals surface area contributed by atoms with Gasteiger partial charge in [0.25, 0.3) is 0 Å². The van der Waals surface area contributed by atoms with Crippen LogP contribution in [0.1, 0.15) is 50.7 Å². The van der Waals surface area contributed by atoms with E-state index in [9.17, 15) is 14.7 Å². The number of anilines is 1. The highest BCUT2D eigenvalue weighted by molar-refractivity contribution is 6.91. The van der Waals surface area contributed by atoms with E-state index in [4.69, 9.17) is 14.2 Å². The Kier molecular flexibility index (Phi) is 9.80. The largest absolute Gasteiger partial charge is 0.497 e. The molecule has 0 spiro atoms. The fourth-order valence-electron chi connectivity index (χ4n) is 7.27. The van der Waals surface area contributed by atoms with Crippen LogP contribution in [-0.4, -0.2) is 82.0 Å². The van der Waals surface area contributed by atoms with Gasteiger partial charge in [-0.15, -0.1) is 0 Å². The highest BCUT2D eigenvalue weighted by atomic mass is 28.3. The summed E-state index contributed by atoms with van der Waals surface area (Å²) in [5.41, 5.74) is 1.55. The molecule has 0 aromatic heterocycles. The lowest BCUT2D eigenvalue weighted by atomic mass is 9.86. The van der Waals surface area contributed by atoms with Crippen molar-refractivity contribution in [2.75, 3.05) is 39.2 Å². The Morgan fingerprint density at radius 1 is 1.14 bits per heavy atom. The number of benzene rings is 2. The molecule has 0 saturated carbocycles. The molecule has 3 aliphatic rings. The van der Waals surface area contributed by atoms with Gasteiger partial charge in [-0.05, 0) is 62.6 Å². The van der Waals surface area contributed by atoms with Gasteiger partial charge < -0.3 is 34.9 Å². The van der Waals surface area contributed by atoms with E-state index in [1.807, 2.05) is 35.2 Å². The molecule has 3 aliphatic heterocycles. The maximum Gasteiger partial charge on any atom is 0.241 e. The topological polar surface area (TPSA) is 109 Å². The maximum atomic E-state index is 13.9. The van der Waals surface area contributed by atoms with Crippen LogP contribution in [0, 0.1) is 5.92 Å². The first kappa shape index (κ1) is 31.5. The lowest BCUT2D eigenvalue weighted by molar-refractivity contribution is -0.133. The number of aliphatic hydroxyl groups is 1. The molecule has 9 nitrogen and oxygen atoms in total. The summed E-state index contributed by atoms with van der Waals surface area (Å²) in [6.45, 7) is 8.28. The van der Waals surface area contributed by atoms with Gasteiger partial charge in [-0.3, -0.25) is 9.59 Å². The summed E-state index contributed by atoms with van der Waals surface area (Å²) in [6.07, 6.45) is 3.37. The van der Waals surface area contributed by atoms with Gasteiger partial charge >= 0.3 is 0 Å². The number of hydrogen-bond acceptors (Lipinski definition) is 7. The Morgan fingerprint density at radius 2 is 1.91 bits per heavy atom. The molecule has 3 N–H and O–H groups in total. The van der Waals surface area contributed by atoms with E-state index >= 15 is 0 Å². The fraction of sp³-hybridized carbons (Fsp3) is 0.576. The molecule has 0 radical (unpaired) electrons. The molecule has 3 heterocycles. The molecule has 1 unspecified atom stereocenters.